The summed E-state index contributed by atoms with van der Waals surface area (Å²) < 4.78 is 7.00. The number of fused-ring (bicyclic) bond motifs is 1. The third kappa shape index (κ3) is 2.16. The van der Waals surface area contributed by atoms with E-state index in [0.29, 0.717) is 12.2 Å². The van der Waals surface area contributed by atoms with Gasteiger partial charge in [-0.05, 0) is 43.3 Å². The molecule has 3 rings (SSSR count). The van der Waals surface area contributed by atoms with E-state index in [0.717, 1.165) is 16.7 Å². The summed E-state index contributed by atoms with van der Waals surface area (Å²) >= 11 is 0. The zero-order valence-electron chi connectivity index (χ0n) is 11.1. The molecule has 0 aliphatic carbocycles. The summed E-state index contributed by atoms with van der Waals surface area (Å²) in [7, 11) is 0. The third-order valence-electron chi connectivity index (χ3n) is 3.10. The number of ether oxygens (including phenoxy) is 1. The number of nitrogens with zero attached hydrogens (tertiary/aromatic N) is 2. The Kier molecular flexibility index (Phi) is 3.21. The lowest BCUT2D eigenvalue weighted by Gasteiger charge is -2.05. The van der Waals surface area contributed by atoms with E-state index in [1.165, 1.54) is 0 Å². The van der Waals surface area contributed by atoms with Gasteiger partial charge in [0.2, 0.25) is 0 Å². The van der Waals surface area contributed by atoms with Gasteiger partial charge in [-0.15, -0.1) is 0 Å². The van der Waals surface area contributed by atoms with Gasteiger partial charge in [-0.1, -0.05) is 6.07 Å². The maximum Gasteiger partial charge on any atom is 0.338 e. The van der Waals surface area contributed by atoms with Gasteiger partial charge in [0.15, 0.2) is 0 Å². The predicted octanol–water partition coefficient (Wildman–Crippen LogP) is 3.20. The normalized spacial score (nSPS) is 10.7. The number of carbonyl (C=O) groups is 1. The second-order valence-corrected chi connectivity index (χ2v) is 4.37. The largest absolute Gasteiger partial charge is 0.462 e. The van der Waals surface area contributed by atoms with Gasteiger partial charge in [0, 0.05) is 17.8 Å². The van der Waals surface area contributed by atoms with E-state index in [2.05, 4.69) is 4.98 Å². The molecule has 2 heterocycles. The molecule has 0 radical (unpaired) electrons. The van der Waals surface area contributed by atoms with Crippen LogP contribution in [0.2, 0.25) is 0 Å². The zero-order chi connectivity index (χ0) is 13.9. The lowest BCUT2D eigenvalue weighted by atomic mass is 10.1. The van der Waals surface area contributed by atoms with Gasteiger partial charge in [-0.25, -0.2) is 9.78 Å². The van der Waals surface area contributed by atoms with E-state index in [9.17, 15) is 4.79 Å². The summed E-state index contributed by atoms with van der Waals surface area (Å²) in [5.41, 5.74) is 1.58. The van der Waals surface area contributed by atoms with E-state index < -0.39 is 0 Å². The summed E-state index contributed by atoms with van der Waals surface area (Å²) in [5.74, 6) is 0.561. The predicted molar refractivity (Wildman–Crippen MR) is 77.0 cm³/mol. The first-order valence-corrected chi connectivity index (χ1v) is 6.49. The monoisotopic (exact) mass is 266 g/mol. The minimum Gasteiger partial charge on any atom is -0.462 e. The molecular formula is C16H14N2O2. The summed E-state index contributed by atoms with van der Waals surface area (Å²) in [6.07, 6.45) is 3.70. The first-order chi connectivity index (χ1) is 9.79. The molecule has 0 aliphatic heterocycles. The molecule has 0 saturated heterocycles. The molecule has 4 heteroatoms. The molecular weight excluding hydrogens is 252 g/mol. The molecule has 0 unspecified atom stereocenters. The van der Waals surface area contributed by atoms with Crippen molar-refractivity contribution in [3.8, 4) is 5.82 Å². The van der Waals surface area contributed by atoms with Crippen molar-refractivity contribution in [1.29, 1.82) is 0 Å². The van der Waals surface area contributed by atoms with Crippen LogP contribution in [0.4, 0.5) is 0 Å². The number of esters is 1. The van der Waals surface area contributed by atoms with Crippen LogP contribution in [0.15, 0.2) is 54.9 Å². The summed E-state index contributed by atoms with van der Waals surface area (Å²) in [4.78, 5) is 16.1. The van der Waals surface area contributed by atoms with Crippen molar-refractivity contribution in [3.63, 3.8) is 0 Å². The average Bonchev–Trinajstić information content (AvgIpc) is 2.91. The third-order valence-corrected chi connectivity index (χ3v) is 3.10. The van der Waals surface area contributed by atoms with E-state index in [4.69, 9.17) is 4.74 Å². The van der Waals surface area contributed by atoms with Crippen molar-refractivity contribution in [1.82, 2.24) is 9.55 Å². The van der Waals surface area contributed by atoms with E-state index >= 15 is 0 Å². The van der Waals surface area contributed by atoms with Crippen LogP contribution in [0.25, 0.3) is 16.7 Å². The minimum atomic E-state index is -0.292. The van der Waals surface area contributed by atoms with E-state index in [1.54, 1.807) is 19.2 Å². The molecule has 100 valence electrons. The number of benzene rings is 1. The highest BCUT2D eigenvalue weighted by Gasteiger charge is 2.09. The Labute approximate surface area is 116 Å². The van der Waals surface area contributed by atoms with Crippen LogP contribution >= 0.6 is 0 Å². The number of hydrogen-bond donors (Lipinski definition) is 0. The Hall–Kier alpha value is -2.62. The number of pyridine rings is 1. The smallest absolute Gasteiger partial charge is 0.338 e. The highest BCUT2D eigenvalue weighted by atomic mass is 16.5. The second-order valence-electron chi connectivity index (χ2n) is 4.37. The molecule has 0 saturated carbocycles. The van der Waals surface area contributed by atoms with Crippen molar-refractivity contribution in [2.24, 2.45) is 0 Å². The molecule has 0 fully saturated rings. The van der Waals surface area contributed by atoms with Crippen LogP contribution < -0.4 is 0 Å². The quantitative estimate of drug-likeness (QED) is 0.684. The van der Waals surface area contributed by atoms with Gasteiger partial charge in [0.1, 0.15) is 5.82 Å². The average molecular weight is 266 g/mol. The van der Waals surface area contributed by atoms with Crippen LogP contribution in [0.1, 0.15) is 17.3 Å². The molecule has 0 spiro atoms. The summed E-state index contributed by atoms with van der Waals surface area (Å²) in [6, 6.07) is 13.3. The summed E-state index contributed by atoms with van der Waals surface area (Å²) in [6.45, 7) is 2.18. The van der Waals surface area contributed by atoms with Gasteiger partial charge >= 0.3 is 5.97 Å². The van der Waals surface area contributed by atoms with Crippen LogP contribution in [0.3, 0.4) is 0 Å². The molecule has 1 aromatic carbocycles. The molecule has 0 amide bonds. The van der Waals surface area contributed by atoms with Crippen molar-refractivity contribution in [2.45, 2.75) is 6.92 Å². The standard InChI is InChI=1S/C16H14N2O2/c1-2-20-16(19)13-6-7-14-12(11-13)8-10-18(14)15-5-3-4-9-17-15/h3-11H,2H2,1H3. The fraction of sp³-hybridized carbons (Fsp3) is 0.125. The highest BCUT2D eigenvalue weighted by Crippen LogP contribution is 2.21. The van der Waals surface area contributed by atoms with Crippen LogP contribution in [0, 0.1) is 0 Å². The molecule has 0 N–H and O–H groups in total. The van der Waals surface area contributed by atoms with Crippen LogP contribution in [-0.2, 0) is 4.74 Å². The Balaban J connectivity index is 2.05. The van der Waals surface area contributed by atoms with Crippen molar-refractivity contribution in [3.05, 3.63) is 60.4 Å². The van der Waals surface area contributed by atoms with Crippen molar-refractivity contribution in [2.75, 3.05) is 6.61 Å². The van der Waals surface area contributed by atoms with E-state index in [-0.39, 0.29) is 5.97 Å². The highest BCUT2D eigenvalue weighted by molar-refractivity contribution is 5.95. The first-order valence-electron chi connectivity index (χ1n) is 6.49. The molecule has 4 nitrogen and oxygen atoms in total. The Bertz CT molecular complexity index is 748. The molecule has 0 atom stereocenters. The fourth-order valence-corrected chi connectivity index (χ4v) is 2.18. The molecule has 3 aromatic rings. The molecule has 0 aliphatic rings. The Morgan fingerprint density at radius 2 is 2.15 bits per heavy atom. The maximum absolute atomic E-state index is 11.7. The van der Waals surface area contributed by atoms with Gasteiger partial charge in [-0.2, -0.15) is 0 Å². The molecule has 20 heavy (non-hydrogen) atoms. The zero-order valence-corrected chi connectivity index (χ0v) is 11.1. The van der Waals surface area contributed by atoms with Gasteiger partial charge in [0.25, 0.3) is 0 Å². The van der Waals surface area contributed by atoms with Gasteiger partial charge in [0.05, 0.1) is 17.7 Å². The topological polar surface area (TPSA) is 44.1 Å². The van der Waals surface area contributed by atoms with Crippen LogP contribution in [0.5, 0.6) is 0 Å². The van der Waals surface area contributed by atoms with E-state index in [1.807, 2.05) is 47.2 Å². The van der Waals surface area contributed by atoms with Gasteiger partial charge in [-0.3, -0.25) is 0 Å². The Morgan fingerprint density at radius 3 is 2.90 bits per heavy atom. The van der Waals surface area contributed by atoms with Crippen molar-refractivity contribution < 1.29 is 9.53 Å². The molecule has 2 aromatic heterocycles. The lowest BCUT2D eigenvalue weighted by molar-refractivity contribution is 0.0526. The summed E-state index contributed by atoms with van der Waals surface area (Å²) in [5, 5.41) is 0.987. The first kappa shape index (κ1) is 12.4. The number of rotatable bonds is 3. The minimum absolute atomic E-state index is 0.292. The SMILES string of the molecule is CCOC(=O)c1ccc2c(ccn2-c2ccccn2)c1. The maximum atomic E-state index is 11.7. The second kappa shape index (κ2) is 5.17. The number of aromatic nitrogens is 2. The number of carbonyl (C=O) groups excluding carboxylic acids is 1. The lowest BCUT2D eigenvalue weighted by Crippen LogP contribution is -2.04. The van der Waals surface area contributed by atoms with Crippen LogP contribution in [-0.4, -0.2) is 22.1 Å². The fourth-order valence-electron chi connectivity index (χ4n) is 2.18. The molecule has 0 bridgehead atoms. The van der Waals surface area contributed by atoms with Crippen molar-refractivity contribution >= 4 is 16.9 Å². The van der Waals surface area contributed by atoms with Gasteiger partial charge < -0.3 is 9.30 Å². The Morgan fingerprint density at radius 1 is 1.25 bits per heavy atom. The number of hydrogen-bond acceptors (Lipinski definition) is 3.